The molecule has 3 rings (SSSR count). The van der Waals surface area contributed by atoms with E-state index in [4.69, 9.17) is 14.2 Å². The van der Waals surface area contributed by atoms with Gasteiger partial charge in [-0.25, -0.2) is 4.79 Å². The van der Waals surface area contributed by atoms with Crippen molar-refractivity contribution in [2.24, 2.45) is 0 Å². The third-order valence-electron chi connectivity index (χ3n) is 5.11. The molecule has 150 valence electrons. The average molecular weight is 388 g/mol. The minimum atomic E-state index is -0.723. The summed E-state index contributed by atoms with van der Waals surface area (Å²) >= 11 is 0. The van der Waals surface area contributed by atoms with Crippen LogP contribution in [0.3, 0.4) is 0 Å². The number of hydrogen-bond donors (Lipinski definition) is 1. The summed E-state index contributed by atoms with van der Waals surface area (Å²) in [6.07, 6.45) is 5.92. The topological polar surface area (TPSA) is 94.2 Å². The van der Waals surface area contributed by atoms with Gasteiger partial charge in [-0.3, -0.25) is 19.8 Å². The van der Waals surface area contributed by atoms with Gasteiger partial charge in [0.25, 0.3) is 11.8 Å². The molecule has 4 amide bonds. The summed E-state index contributed by atoms with van der Waals surface area (Å²) < 4.78 is 15.9. The first-order valence-corrected chi connectivity index (χ1v) is 9.20. The second-order valence-corrected chi connectivity index (χ2v) is 6.73. The van der Waals surface area contributed by atoms with Gasteiger partial charge in [0.05, 0.1) is 21.3 Å². The Kier molecular flexibility index (Phi) is 5.87. The fourth-order valence-electron chi connectivity index (χ4n) is 3.66. The van der Waals surface area contributed by atoms with Crippen LogP contribution in [-0.2, 0) is 9.59 Å². The zero-order chi connectivity index (χ0) is 20.3. The van der Waals surface area contributed by atoms with Crippen LogP contribution in [0.25, 0.3) is 6.08 Å². The lowest BCUT2D eigenvalue weighted by Crippen LogP contribution is -2.58. The number of methoxy groups -OCH3 is 3. The van der Waals surface area contributed by atoms with Gasteiger partial charge in [0, 0.05) is 17.7 Å². The molecule has 1 heterocycles. The molecule has 0 atom stereocenters. The van der Waals surface area contributed by atoms with Crippen LogP contribution in [-0.4, -0.2) is 50.1 Å². The molecule has 1 aromatic rings. The minimum absolute atomic E-state index is 0.115. The van der Waals surface area contributed by atoms with Crippen molar-refractivity contribution in [2.75, 3.05) is 21.3 Å². The standard InChI is InChI=1S/C20H24N2O6/c1-26-15-11-17(28-3)16(27-2)10-12(15)9-14-18(23)21-20(25)22(19(14)24)13-7-5-4-6-8-13/h9-11,13H,4-8H2,1-3H3,(H,21,23,25)/b14-9+. The van der Waals surface area contributed by atoms with Crippen LogP contribution in [0.4, 0.5) is 4.79 Å². The summed E-state index contributed by atoms with van der Waals surface area (Å²) in [4.78, 5) is 38.9. The third kappa shape index (κ3) is 3.67. The zero-order valence-electron chi connectivity index (χ0n) is 16.2. The number of imide groups is 2. The van der Waals surface area contributed by atoms with Crippen molar-refractivity contribution >= 4 is 23.9 Å². The Morgan fingerprint density at radius 1 is 0.929 bits per heavy atom. The second-order valence-electron chi connectivity index (χ2n) is 6.73. The highest BCUT2D eigenvalue weighted by Gasteiger charge is 2.40. The van der Waals surface area contributed by atoms with Gasteiger partial charge in [0.1, 0.15) is 11.3 Å². The number of carbonyl (C=O) groups excluding carboxylic acids is 3. The van der Waals surface area contributed by atoms with E-state index in [2.05, 4.69) is 5.32 Å². The minimum Gasteiger partial charge on any atom is -0.496 e. The predicted octanol–water partition coefficient (Wildman–Crippen LogP) is 2.51. The van der Waals surface area contributed by atoms with Crippen LogP contribution in [0, 0.1) is 0 Å². The maximum atomic E-state index is 13.0. The summed E-state index contributed by atoms with van der Waals surface area (Å²) in [5.74, 6) is -0.0118. The van der Waals surface area contributed by atoms with Crippen molar-refractivity contribution in [1.29, 1.82) is 0 Å². The van der Waals surface area contributed by atoms with E-state index in [-0.39, 0.29) is 11.6 Å². The van der Waals surface area contributed by atoms with Crippen molar-refractivity contribution in [3.8, 4) is 17.2 Å². The van der Waals surface area contributed by atoms with E-state index in [1.807, 2.05) is 0 Å². The number of urea groups is 1. The molecule has 1 saturated carbocycles. The van der Waals surface area contributed by atoms with Gasteiger partial charge in [-0.2, -0.15) is 0 Å². The molecule has 0 spiro atoms. The van der Waals surface area contributed by atoms with E-state index in [0.717, 1.165) is 32.1 Å². The lowest BCUT2D eigenvalue weighted by molar-refractivity contribution is -0.132. The molecule has 8 nitrogen and oxygen atoms in total. The lowest BCUT2D eigenvalue weighted by Gasteiger charge is -2.35. The van der Waals surface area contributed by atoms with Gasteiger partial charge in [0.2, 0.25) is 0 Å². The summed E-state index contributed by atoms with van der Waals surface area (Å²) in [6, 6.07) is 2.39. The summed E-state index contributed by atoms with van der Waals surface area (Å²) in [5, 5.41) is 2.28. The van der Waals surface area contributed by atoms with Crippen molar-refractivity contribution in [2.45, 2.75) is 38.1 Å². The molecule has 2 aliphatic rings. The quantitative estimate of drug-likeness (QED) is 0.615. The van der Waals surface area contributed by atoms with Crippen LogP contribution < -0.4 is 19.5 Å². The summed E-state index contributed by atoms with van der Waals surface area (Å²) in [6.45, 7) is 0. The Balaban J connectivity index is 2.01. The fourth-order valence-corrected chi connectivity index (χ4v) is 3.66. The smallest absolute Gasteiger partial charge is 0.331 e. The maximum absolute atomic E-state index is 13.0. The van der Waals surface area contributed by atoms with Gasteiger partial charge in [-0.05, 0) is 25.0 Å². The number of nitrogens with zero attached hydrogens (tertiary/aromatic N) is 1. The molecule has 0 unspecified atom stereocenters. The summed E-state index contributed by atoms with van der Waals surface area (Å²) in [7, 11) is 4.47. The highest BCUT2D eigenvalue weighted by molar-refractivity contribution is 6.31. The van der Waals surface area contributed by atoms with Gasteiger partial charge in [-0.15, -0.1) is 0 Å². The largest absolute Gasteiger partial charge is 0.496 e. The Hall–Kier alpha value is -3.03. The molecule has 1 aliphatic heterocycles. The van der Waals surface area contributed by atoms with E-state index in [9.17, 15) is 14.4 Å². The van der Waals surface area contributed by atoms with E-state index >= 15 is 0 Å². The Morgan fingerprint density at radius 2 is 1.54 bits per heavy atom. The maximum Gasteiger partial charge on any atom is 0.331 e. The van der Waals surface area contributed by atoms with Crippen LogP contribution in [0.2, 0.25) is 0 Å². The molecule has 0 bridgehead atoms. The molecule has 2 fully saturated rings. The van der Waals surface area contributed by atoms with Gasteiger partial charge in [0.15, 0.2) is 11.5 Å². The molecule has 8 heteroatoms. The van der Waals surface area contributed by atoms with Crippen LogP contribution in [0.5, 0.6) is 17.2 Å². The Bertz CT molecular complexity index is 826. The van der Waals surface area contributed by atoms with E-state index < -0.39 is 17.8 Å². The molecule has 0 aromatic heterocycles. The van der Waals surface area contributed by atoms with Crippen molar-refractivity contribution < 1.29 is 28.6 Å². The van der Waals surface area contributed by atoms with Crippen LogP contribution in [0.1, 0.15) is 37.7 Å². The van der Waals surface area contributed by atoms with Gasteiger partial charge < -0.3 is 14.2 Å². The highest BCUT2D eigenvalue weighted by Crippen LogP contribution is 2.36. The number of ether oxygens (including phenoxy) is 3. The van der Waals surface area contributed by atoms with Crippen LogP contribution in [0.15, 0.2) is 17.7 Å². The monoisotopic (exact) mass is 388 g/mol. The third-order valence-corrected chi connectivity index (χ3v) is 5.11. The average Bonchev–Trinajstić information content (AvgIpc) is 2.71. The summed E-state index contributed by atoms with van der Waals surface area (Å²) in [5.41, 5.74) is 0.354. The van der Waals surface area contributed by atoms with E-state index in [1.165, 1.54) is 32.3 Å². The molecular weight excluding hydrogens is 364 g/mol. The first kappa shape index (κ1) is 19.7. The highest BCUT2D eigenvalue weighted by atomic mass is 16.5. The predicted molar refractivity (Wildman–Crippen MR) is 101 cm³/mol. The Labute approximate surface area is 163 Å². The number of rotatable bonds is 5. The molecule has 1 aliphatic carbocycles. The second kappa shape index (κ2) is 8.33. The number of carbonyl (C=O) groups is 3. The molecule has 1 aromatic carbocycles. The fraction of sp³-hybridized carbons (Fsp3) is 0.450. The molecule has 1 saturated heterocycles. The zero-order valence-corrected chi connectivity index (χ0v) is 16.2. The van der Waals surface area contributed by atoms with Crippen molar-refractivity contribution in [1.82, 2.24) is 10.2 Å². The Morgan fingerprint density at radius 3 is 2.14 bits per heavy atom. The first-order chi connectivity index (χ1) is 13.5. The van der Waals surface area contributed by atoms with E-state index in [1.54, 1.807) is 12.1 Å². The van der Waals surface area contributed by atoms with Crippen LogP contribution >= 0.6 is 0 Å². The molecular formula is C20H24N2O6. The number of benzene rings is 1. The van der Waals surface area contributed by atoms with Crippen molar-refractivity contribution in [3.05, 3.63) is 23.3 Å². The lowest BCUT2D eigenvalue weighted by atomic mass is 9.93. The van der Waals surface area contributed by atoms with E-state index in [0.29, 0.717) is 22.8 Å². The van der Waals surface area contributed by atoms with Gasteiger partial charge >= 0.3 is 6.03 Å². The number of amides is 4. The molecule has 28 heavy (non-hydrogen) atoms. The number of hydrogen-bond acceptors (Lipinski definition) is 6. The molecule has 0 radical (unpaired) electrons. The van der Waals surface area contributed by atoms with Crippen molar-refractivity contribution in [3.63, 3.8) is 0 Å². The van der Waals surface area contributed by atoms with Gasteiger partial charge in [-0.1, -0.05) is 19.3 Å². The number of nitrogens with one attached hydrogen (secondary N) is 1. The number of barbiturate groups is 1. The SMILES string of the molecule is COc1cc(OC)c(OC)cc1/C=C1\C(=O)NC(=O)N(C2CCCCC2)C1=O. The first-order valence-electron chi connectivity index (χ1n) is 9.20. The normalized spacial score (nSPS) is 19.6. The molecule has 1 N–H and O–H groups in total.